The van der Waals surface area contributed by atoms with Gasteiger partial charge in [0.2, 0.25) is 0 Å². The van der Waals surface area contributed by atoms with Crippen molar-refractivity contribution in [3.05, 3.63) is 12.2 Å². The highest BCUT2D eigenvalue weighted by molar-refractivity contribution is 5.69. The fourth-order valence-electron chi connectivity index (χ4n) is 4.42. The first-order valence-electron chi connectivity index (χ1n) is 15.0. The Balaban J connectivity index is 3.44. The van der Waals surface area contributed by atoms with Crippen LogP contribution in [0.1, 0.15) is 168 Å². The molecule has 2 nitrogen and oxygen atoms in total. The second-order valence-electron chi connectivity index (χ2n) is 10.2. The largest absolute Gasteiger partial charge is 0.465 e. The summed E-state index contributed by atoms with van der Waals surface area (Å²) in [6.45, 7) is 7.41. The number of rotatable bonds is 26. The number of esters is 1. The highest BCUT2D eigenvalue weighted by Gasteiger charge is 2.10. The molecule has 1 unspecified atom stereocenters. The van der Waals surface area contributed by atoms with E-state index in [1.54, 1.807) is 0 Å². The third-order valence-electron chi connectivity index (χ3n) is 6.92. The predicted molar refractivity (Wildman–Crippen MR) is 147 cm³/mol. The Morgan fingerprint density at radius 2 is 1.06 bits per heavy atom. The van der Waals surface area contributed by atoms with Crippen LogP contribution in [0.15, 0.2) is 12.2 Å². The molecule has 0 heterocycles. The third-order valence-corrected chi connectivity index (χ3v) is 6.92. The lowest BCUT2D eigenvalue weighted by Gasteiger charge is -2.15. The minimum atomic E-state index is 0.0191. The van der Waals surface area contributed by atoms with Gasteiger partial charge in [-0.05, 0) is 44.4 Å². The van der Waals surface area contributed by atoms with Crippen LogP contribution in [0.2, 0.25) is 0 Å². The predicted octanol–water partition coefficient (Wildman–Crippen LogP) is 10.7. The molecule has 0 amide bonds. The van der Waals surface area contributed by atoms with Gasteiger partial charge in [-0.15, -0.1) is 0 Å². The van der Waals surface area contributed by atoms with Gasteiger partial charge < -0.3 is 4.74 Å². The van der Waals surface area contributed by atoms with Crippen LogP contribution in [0.4, 0.5) is 0 Å². The normalized spacial score (nSPS) is 12.5. The molecule has 1 atom stereocenters. The van der Waals surface area contributed by atoms with Gasteiger partial charge in [0.25, 0.3) is 0 Å². The monoisotopic (exact) mass is 464 g/mol. The Bertz CT molecular complexity index is 415. The van der Waals surface area contributed by atoms with E-state index in [0.29, 0.717) is 18.9 Å². The maximum absolute atomic E-state index is 12.0. The standard InChI is InChI=1S/C31H60O2/c1-4-7-9-11-13-14-15-16-17-18-19-20-22-24-26-28-31(32)33-29-30(6-3)27-25-23-21-12-10-8-5-2/h16-17,30H,4-15,18-29H2,1-3H3/b17-16-. The molecule has 0 spiro atoms. The first kappa shape index (κ1) is 32.2. The van der Waals surface area contributed by atoms with Crippen LogP contribution >= 0.6 is 0 Å². The average Bonchev–Trinajstić information content (AvgIpc) is 2.82. The Kier molecular flexibility index (Phi) is 26.8. The number of hydrogen-bond acceptors (Lipinski definition) is 2. The molecule has 0 aliphatic rings. The fraction of sp³-hybridized carbons (Fsp3) is 0.903. The first-order chi connectivity index (χ1) is 16.2. The van der Waals surface area contributed by atoms with Crippen molar-refractivity contribution in [3.63, 3.8) is 0 Å². The molecule has 0 aliphatic carbocycles. The summed E-state index contributed by atoms with van der Waals surface area (Å²) in [5.41, 5.74) is 0. The molecule has 0 rings (SSSR count). The molecule has 0 saturated carbocycles. The second kappa shape index (κ2) is 27.5. The first-order valence-corrected chi connectivity index (χ1v) is 15.0. The van der Waals surface area contributed by atoms with Crippen molar-refractivity contribution in [3.8, 4) is 0 Å². The van der Waals surface area contributed by atoms with Gasteiger partial charge >= 0.3 is 5.97 Å². The van der Waals surface area contributed by atoms with E-state index >= 15 is 0 Å². The van der Waals surface area contributed by atoms with E-state index in [1.807, 2.05) is 0 Å². The van der Waals surface area contributed by atoms with Gasteiger partial charge in [-0.2, -0.15) is 0 Å². The van der Waals surface area contributed by atoms with E-state index in [9.17, 15) is 4.79 Å². The van der Waals surface area contributed by atoms with Gasteiger partial charge in [0, 0.05) is 6.42 Å². The molecule has 0 fully saturated rings. The van der Waals surface area contributed by atoms with Crippen LogP contribution in [-0.2, 0) is 9.53 Å². The Labute approximate surface area is 208 Å². The minimum absolute atomic E-state index is 0.0191. The highest BCUT2D eigenvalue weighted by atomic mass is 16.5. The van der Waals surface area contributed by atoms with Gasteiger partial charge in [0.1, 0.15) is 0 Å². The molecule has 0 saturated heterocycles. The summed E-state index contributed by atoms with van der Waals surface area (Å²) in [7, 11) is 0. The minimum Gasteiger partial charge on any atom is -0.465 e. The van der Waals surface area contributed by atoms with Crippen molar-refractivity contribution in [2.75, 3.05) is 6.61 Å². The van der Waals surface area contributed by atoms with E-state index in [2.05, 4.69) is 32.9 Å². The number of ether oxygens (including phenoxy) is 1. The quantitative estimate of drug-likeness (QED) is 0.0722. The summed E-state index contributed by atoms with van der Waals surface area (Å²) < 4.78 is 5.58. The summed E-state index contributed by atoms with van der Waals surface area (Å²) in [6, 6.07) is 0. The Morgan fingerprint density at radius 1 is 0.606 bits per heavy atom. The van der Waals surface area contributed by atoms with E-state index in [1.165, 1.54) is 122 Å². The van der Waals surface area contributed by atoms with Crippen molar-refractivity contribution in [1.29, 1.82) is 0 Å². The number of carbonyl (C=O) groups is 1. The maximum atomic E-state index is 12.0. The number of unbranched alkanes of at least 4 members (excludes halogenated alkanes) is 17. The fourth-order valence-corrected chi connectivity index (χ4v) is 4.42. The molecule has 0 aromatic rings. The zero-order valence-corrected chi connectivity index (χ0v) is 23.0. The SMILES string of the molecule is CCCCCCCC/C=C\CCCCCCCC(=O)OCC(CC)CCCCCCCCC. The van der Waals surface area contributed by atoms with Crippen LogP contribution < -0.4 is 0 Å². The summed E-state index contributed by atoms with van der Waals surface area (Å²) in [4.78, 5) is 12.0. The van der Waals surface area contributed by atoms with Crippen molar-refractivity contribution in [2.45, 2.75) is 168 Å². The molecule has 0 aliphatic heterocycles. The molecule has 0 aromatic heterocycles. The zero-order chi connectivity index (χ0) is 24.2. The van der Waals surface area contributed by atoms with E-state index in [4.69, 9.17) is 4.74 Å². The van der Waals surface area contributed by atoms with Crippen molar-refractivity contribution >= 4 is 5.97 Å². The Morgan fingerprint density at radius 3 is 1.58 bits per heavy atom. The van der Waals surface area contributed by atoms with Crippen molar-refractivity contribution in [1.82, 2.24) is 0 Å². The number of carbonyl (C=O) groups excluding carboxylic acids is 1. The number of allylic oxidation sites excluding steroid dienone is 2. The molecular weight excluding hydrogens is 404 g/mol. The van der Waals surface area contributed by atoms with Gasteiger partial charge in [-0.3, -0.25) is 4.79 Å². The van der Waals surface area contributed by atoms with Crippen molar-refractivity contribution in [2.24, 2.45) is 5.92 Å². The van der Waals surface area contributed by atoms with Crippen LogP contribution in [0.25, 0.3) is 0 Å². The van der Waals surface area contributed by atoms with Crippen LogP contribution in [0.3, 0.4) is 0 Å². The van der Waals surface area contributed by atoms with Gasteiger partial charge in [0.15, 0.2) is 0 Å². The van der Waals surface area contributed by atoms with Gasteiger partial charge in [-0.25, -0.2) is 0 Å². The molecule has 0 N–H and O–H groups in total. The van der Waals surface area contributed by atoms with E-state index in [-0.39, 0.29) is 5.97 Å². The lowest BCUT2D eigenvalue weighted by atomic mass is 9.98. The maximum Gasteiger partial charge on any atom is 0.305 e. The summed E-state index contributed by atoms with van der Waals surface area (Å²) in [5.74, 6) is 0.573. The van der Waals surface area contributed by atoms with Crippen LogP contribution in [0.5, 0.6) is 0 Å². The van der Waals surface area contributed by atoms with E-state index in [0.717, 1.165) is 19.3 Å². The molecule has 0 radical (unpaired) electrons. The lowest BCUT2D eigenvalue weighted by Crippen LogP contribution is -2.13. The molecule has 196 valence electrons. The Hall–Kier alpha value is -0.790. The van der Waals surface area contributed by atoms with Crippen LogP contribution in [-0.4, -0.2) is 12.6 Å². The molecule has 0 bridgehead atoms. The average molecular weight is 465 g/mol. The van der Waals surface area contributed by atoms with Crippen molar-refractivity contribution < 1.29 is 9.53 Å². The number of hydrogen-bond donors (Lipinski definition) is 0. The topological polar surface area (TPSA) is 26.3 Å². The van der Waals surface area contributed by atoms with Gasteiger partial charge in [0.05, 0.1) is 6.61 Å². The highest BCUT2D eigenvalue weighted by Crippen LogP contribution is 2.17. The summed E-state index contributed by atoms with van der Waals surface area (Å²) in [6.07, 6.45) is 33.9. The molecule has 2 heteroatoms. The third kappa shape index (κ3) is 25.7. The van der Waals surface area contributed by atoms with Crippen LogP contribution in [0, 0.1) is 5.92 Å². The molecule has 33 heavy (non-hydrogen) atoms. The second-order valence-corrected chi connectivity index (χ2v) is 10.2. The molecular formula is C31H60O2. The van der Waals surface area contributed by atoms with Gasteiger partial charge in [-0.1, -0.05) is 136 Å². The summed E-state index contributed by atoms with van der Waals surface area (Å²) in [5, 5.41) is 0. The lowest BCUT2D eigenvalue weighted by molar-refractivity contribution is -0.145. The van der Waals surface area contributed by atoms with E-state index < -0.39 is 0 Å². The molecule has 0 aromatic carbocycles. The smallest absolute Gasteiger partial charge is 0.305 e. The summed E-state index contributed by atoms with van der Waals surface area (Å²) >= 11 is 0. The zero-order valence-electron chi connectivity index (χ0n) is 23.0.